The third-order valence-electron chi connectivity index (χ3n) is 5.18. The maximum Gasteiger partial charge on any atom is 0.410 e. The fourth-order valence-electron chi connectivity index (χ4n) is 4.12. The summed E-state index contributed by atoms with van der Waals surface area (Å²) in [6.45, 7) is 7.03. The molecule has 3 rings (SSSR count). The minimum Gasteiger partial charge on any atom is -0.444 e. The number of carbonyl (C=O) groups is 2. The summed E-state index contributed by atoms with van der Waals surface area (Å²) in [6.07, 6.45) is 3.44. The molecule has 3 aliphatic heterocycles. The summed E-state index contributed by atoms with van der Waals surface area (Å²) in [5.74, 6) is 0. The molecular formula is C17H29N3O4. The third-order valence-corrected chi connectivity index (χ3v) is 5.18. The Labute approximate surface area is 143 Å². The average Bonchev–Trinajstić information content (AvgIpc) is 2.98. The molecule has 7 heteroatoms. The molecule has 136 valence electrons. The lowest BCUT2D eigenvalue weighted by Gasteiger charge is -2.42. The number of rotatable bonds is 3. The third kappa shape index (κ3) is 3.77. The Bertz CT molecular complexity index is 491. The molecule has 1 unspecified atom stereocenters. The van der Waals surface area contributed by atoms with Crippen LogP contribution >= 0.6 is 0 Å². The second-order valence-electron chi connectivity index (χ2n) is 8.25. The zero-order chi connectivity index (χ0) is 17.5. The number of ether oxygens (including phenoxy) is 2. The van der Waals surface area contributed by atoms with Crippen LogP contribution in [-0.2, 0) is 9.47 Å². The minimum absolute atomic E-state index is 0.0796. The van der Waals surface area contributed by atoms with Crippen molar-refractivity contribution >= 4 is 12.2 Å². The highest BCUT2D eigenvalue weighted by Gasteiger charge is 2.46. The van der Waals surface area contributed by atoms with Gasteiger partial charge in [-0.05, 0) is 53.5 Å². The second kappa shape index (κ2) is 6.43. The van der Waals surface area contributed by atoms with Gasteiger partial charge < -0.3 is 19.7 Å². The first-order valence-corrected chi connectivity index (χ1v) is 8.89. The van der Waals surface area contributed by atoms with Crippen molar-refractivity contribution < 1.29 is 19.1 Å². The summed E-state index contributed by atoms with van der Waals surface area (Å²) < 4.78 is 10.8. The van der Waals surface area contributed by atoms with Gasteiger partial charge in [0.15, 0.2) is 0 Å². The van der Waals surface area contributed by atoms with E-state index < -0.39 is 5.60 Å². The number of likely N-dealkylation sites (N-methyl/N-ethyl adjacent to an activating group) is 1. The number of piperidine rings is 1. The molecule has 0 radical (unpaired) electrons. The molecule has 3 saturated heterocycles. The van der Waals surface area contributed by atoms with E-state index in [2.05, 4.69) is 17.3 Å². The second-order valence-corrected chi connectivity index (χ2v) is 8.25. The highest BCUT2D eigenvalue weighted by molar-refractivity contribution is 5.70. The van der Waals surface area contributed by atoms with Crippen molar-refractivity contribution in [3.8, 4) is 0 Å². The van der Waals surface area contributed by atoms with Gasteiger partial charge in [-0.1, -0.05) is 0 Å². The van der Waals surface area contributed by atoms with E-state index in [1.807, 2.05) is 25.7 Å². The smallest absolute Gasteiger partial charge is 0.410 e. The summed E-state index contributed by atoms with van der Waals surface area (Å²) in [6, 6.07) is 0.936. The van der Waals surface area contributed by atoms with Gasteiger partial charge in [-0.3, -0.25) is 4.90 Å². The molecule has 3 heterocycles. The van der Waals surface area contributed by atoms with E-state index in [0.29, 0.717) is 12.6 Å². The van der Waals surface area contributed by atoms with Crippen LogP contribution in [0.4, 0.5) is 9.59 Å². The molecule has 0 spiro atoms. The molecule has 0 aliphatic carbocycles. The maximum atomic E-state index is 12.5. The van der Waals surface area contributed by atoms with Crippen LogP contribution in [0.2, 0.25) is 0 Å². The Balaban J connectivity index is 1.56. The van der Waals surface area contributed by atoms with Gasteiger partial charge >= 0.3 is 12.2 Å². The zero-order valence-corrected chi connectivity index (χ0v) is 15.1. The Morgan fingerprint density at radius 2 is 1.96 bits per heavy atom. The lowest BCUT2D eigenvalue weighted by molar-refractivity contribution is -0.00502. The first-order valence-electron chi connectivity index (χ1n) is 8.89. The van der Waals surface area contributed by atoms with Crippen molar-refractivity contribution in [2.75, 3.05) is 20.1 Å². The van der Waals surface area contributed by atoms with Crippen LogP contribution in [-0.4, -0.2) is 72.0 Å². The molecule has 0 aromatic heterocycles. The molecule has 2 bridgehead atoms. The van der Waals surface area contributed by atoms with E-state index >= 15 is 0 Å². The number of nitrogens with one attached hydrogen (secondary N) is 1. The van der Waals surface area contributed by atoms with Gasteiger partial charge in [0.25, 0.3) is 0 Å². The number of hydrogen-bond donors (Lipinski definition) is 1. The Morgan fingerprint density at radius 3 is 2.46 bits per heavy atom. The van der Waals surface area contributed by atoms with Crippen molar-refractivity contribution in [1.82, 2.24) is 15.1 Å². The normalized spacial score (nSPS) is 32.7. The van der Waals surface area contributed by atoms with Crippen LogP contribution in [0.5, 0.6) is 0 Å². The number of hydrogen-bond acceptors (Lipinski definition) is 5. The highest BCUT2D eigenvalue weighted by Crippen LogP contribution is 2.38. The lowest BCUT2D eigenvalue weighted by atomic mass is 9.96. The lowest BCUT2D eigenvalue weighted by Crippen LogP contribution is -2.53. The van der Waals surface area contributed by atoms with Crippen LogP contribution in [0.15, 0.2) is 0 Å². The van der Waals surface area contributed by atoms with Crippen molar-refractivity contribution in [2.45, 2.75) is 76.3 Å². The summed E-state index contributed by atoms with van der Waals surface area (Å²) in [5.41, 5.74) is -0.455. The first kappa shape index (κ1) is 17.3. The summed E-state index contributed by atoms with van der Waals surface area (Å²) in [5, 5.41) is 2.69. The number of fused-ring (bicyclic) bond motifs is 2. The number of carbonyl (C=O) groups excluding carboxylic acids is 2. The molecule has 4 atom stereocenters. The predicted molar refractivity (Wildman–Crippen MR) is 88.8 cm³/mol. The largest absolute Gasteiger partial charge is 0.444 e. The van der Waals surface area contributed by atoms with Gasteiger partial charge in [0, 0.05) is 24.7 Å². The van der Waals surface area contributed by atoms with Gasteiger partial charge in [-0.15, -0.1) is 0 Å². The summed E-state index contributed by atoms with van der Waals surface area (Å²) >= 11 is 0. The van der Waals surface area contributed by atoms with E-state index in [1.54, 1.807) is 0 Å². The van der Waals surface area contributed by atoms with Gasteiger partial charge in [-0.25, -0.2) is 9.59 Å². The van der Waals surface area contributed by atoms with Crippen LogP contribution in [0.25, 0.3) is 0 Å². The van der Waals surface area contributed by atoms with Gasteiger partial charge in [0.1, 0.15) is 11.7 Å². The van der Waals surface area contributed by atoms with Crippen LogP contribution < -0.4 is 5.32 Å². The number of amides is 2. The minimum atomic E-state index is -0.455. The molecule has 0 aromatic carbocycles. The Kier molecular flexibility index (Phi) is 4.64. The fraction of sp³-hybridized carbons (Fsp3) is 0.882. The average molecular weight is 339 g/mol. The van der Waals surface area contributed by atoms with Crippen LogP contribution in [0, 0.1) is 0 Å². The van der Waals surface area contributed by atoms with Crippen molar-refractivity contribution in [2.24, 2.45) is 0 Å². The quantitative estimate of drug-likeness (QED) is 0.851. The van der Waals surface area contributed by atoms with Crippen LogP contribution in [0.3, 0.4) is 0 Å². The van der Waals surface area contributed by atoms with E-state index in [4.69, 9.17) is 9.47 Å². The molecule has 1 N–H and O–H groups in total. The molecule has 7 nitrogen and oxygen atoms in total. The number of cyclic esters (lactones) is 1. The predicted octanol–water partition coefficient (Wildman–Crippen LogP) is 1.96. The number of alkyl carbamates (subject to hydrolysis) is 1. The van der Waals surface area contributed by atoms with E-state index in [-0.39, 0.29) is 30.4 Å². The molecule has 0 saturated carbocycles. The monoisotopic (exact) mass is 339 g/mol. The molecule has 2 amide bonds. The Hall–Kier alpha value is -1.50. The molecule has 3 fully saturated rings. The van der Waals surface area contributed by atoms with Gasteiger partial charge in [0.05, 0.1) is 6.54 Å². The maximum absolute atomic E-state index is 12.5. The zero-order valence-electron chi connectivity index (χ0n) is 15.1. The van der Waals surface area contributed by atoms with Crippen LogP contribution in [0.1, 0.15) is 46.5 Å². The van der Waals surface area contributed by atoms with Crippen molar-refractivity contribution in [3.05, 3.63) is 0 Å². The van der Waals surface area contributed by atoms with E-state index in [1.165, 1.54) is 0 Å². The fourth-order valence-corrected chi connectivity index (χ4v) is 4.12. The molecule has 3 aliphatic rings. The molecule has 0 aromatic rings. The van der Waals surface area contributed by atoms with Crippen molar-refractivity contribution in [1.29, 1.82) is 0 Å². The Morgan fingerprint density at radius 1 is 1.33 bits per heavy atom. The van der Waals surface area contributed by atoms with Gasteiger partial charge in [0.2, 0.25) is 0 Å². The highest BCUT2D eigenvalue weighted by atomic mass is 16.6. The standard InChI is InChI=1S/C17H29N3O4/c1-17(2,3)24-16(22)20-11-5-6-12(20)8-13(7-11)19(4)10-14-9-18-15(21)23-14/h11-14H,5-10H2,1-4H3,(H,18,21)/t11-,12+,13?,14-/m1/s1. The van der Waals surface area contributed by atoms with Gasteiger partial charge in [-0.2, -0.15) is 0 Å². The summed E-state index contributed by atoms with van der Waals surface area (Å²) in [7, 11) is 2.08. The SMILES string of the molecule is CN(C[C@H]1CNC(=O)O1)C1C[C@H]2CC[C@@H](C1)N2C(=O)OC(C)(C)C. The van der Waals surface area contributed by atoms with E-state index in [9.17, 15) is 9.59 Å². The number of nitrogens with zero attached hydrogens (tertiary/aromatic N) is 2. The topological polar surface area (TPSA) is 71.1 Å². The molecule has 24 heavy (non-hydrogen) atoms. The molecular weight excluding hydrogens is 310 g/mol. The summed E-state index contributed by atoms with van der Waals surface area (Å²) in [4.78, 5) is 27.9. The van der Waals surface area contributed by atoms with E-state index in [0.717, 1.165) is 32.2 Å². The van der Waals surface area contributed by atoms with Crippen molar-refractivity contribution in [3.63, 3.8) is 0 Å². The first-order chi connectivity index (χ1) is 11.2.